The Balaban J connectivity index is 2.46. The first-order valence-electron chi connectivity index (χ1n) is 6.58. The number of piperidine rings is 1. The molecule has 5 nitrogen and oxygen atoms in total. The van der Waals surface area contributed by atoms with E-state index in [0.717, 1.165) is 12.8 Å². The van der Waals surface area contributed by atoms with Gasteiger partial charge in [0, 0.05) is 12.8 Å². The van der Waals surface area contributed by atoms with Gasteiger partial charge in [0.2, 0.25) is 0 Å². The van der Waals surface area contributed by atoms with Gasteiger partial charge in [0.1, 0.15) is 6.04 Å². The van der Waals surface area contributed by atoms with Crippen molar-refractivity contribution in [3.8, 4) is 0 Å². The van der Waals surface area contributed by atoms with Crippen molar-refractivity contribution in [1.82, 2.24) is 0 Å². The topological polar surface area (TPSA) is 63.7 Å². The molecule has 0 bridgehead atoms. The molecule has 1 unspecified atom stereocenters. The van der Waals surface area contributed by atoms with Crippen molar-refractivity contribution in [2.24, 2.45) is 0 Å². The van der Waals surface area contributed by atoms with E-state index < -0.39 is 15.9 Å². The van der Waals surface area contributed by atoms with Crippen LogP contribution in [0.15, 0.2) is 29.2 Å². The monoisotopic (exact) mass is 297 g/mol. The van der Waals surface area contributed by atoms with Crippen LogP contribution < -0.4 is 4.90 Å². The lowest BCUT2D eigenvalue weighted by Crippen LogP contribution is -2.45. The second-order valence-corrected chi connectivity index (χ2v) is 6.95. The SMILES string of the molecule is COC(=O)C1CCCCN1c1ccccc1S(C)(=O)=O. The van der Waals surface area contributed by atoms with Crippen LogP contribution in [0, 0.1) is 0 Å². The third-order valence-corrected chi connectivity index (χ3v) is 4.69. The van der Waals surface area contributed by atoms with Crippen LogP contribution >= 0.6 is 0 Å². The summed E-state index contributed by atoms with van der Waals surface area (Å²) in [5.74, 6) is -0.312. The van der Waals surface area contributed by atoms with E-state index in [9.17, 15) is 13.2 Å². The van der Waals surface area contributed by atoms with Gasteiger partial charge in [0.15, 0.2) is 9.84 Å². The molecule has 1 atom stereocenters. The summed E-state index contributed by atoms with van der Waals surface area (Å²) < 4.78 is 28.6. The summed E-state index contributed by atoms with van der Waals surface area (Å²) in [6.45, 7) is 0.659. The molecule has 1 aliphatic rings. The molecular formula is C14H19NO4S. The van der Waals surface area contributed by atoms with Crippen LogP contribution in [-0.4, -0.2) is 40.3 Å². The van der Waals surface area contributed by atoms with E-state index in [0.29, 0.717) is 18.7 Å². The second kappa shape index (κ2) is 5.83. The lowest BCUT2D eigenvalue weighted by atomic mass is 10.0. The minimum Gasteiger partial charge on any atom is -0.467 e. The van der Waals surface area contributed by atoms with Gasteiger partial charge in [-0.05, 0) is 31.4 Å². The molecule has 0 spiro atoms. The van der Waals surface area contributed by atoms with Crippen molar-refractivity contribution in [2.75, 3.05) is 24.8 Å². The summed E-state index contributed by atoms with van der Waals surface area (Å²) in [5, 5.41) is 0. The molecule has 2 rings (SSSR count). The maximum absolute atomic E-state index is 11.9. The Morgan fingerprint density at radius 2 is 2.00 bits per heavy atom. The molecule has 0 N–H and O–H groups in total. The molecule has 1 saturated heterocycles. The molecule has 20 heavy (non-hydrogen) atoms. The van der Waals surface area contributed by atoms with Crippen LogP contribution in [0.1, 0.15) is 19.3 Å². The van der Waals surface area contributed by atoms with Crippen molar-refractivity contribution in [3.63, 3.8) is 0 Å². The van der Waals surface area contributed by atoms with Gasteiger partial charge in [-0.3, -0.25) is 0 Å². The maximum Gasteiger partial charge on any atom is 0.328 e. The molecule has 6 heteroatoms. The summed E-state index contributed by atoms with van der Waals surface area (Å²) in [7, 11) is -1.97. The first-order valence-corrected chi connectivity index (χ1v) is 8.48. The number of methoxy groups -OCH3 is 1. The molecule has 0 radical (unpaired) electrons. The molecule has 0 saturated carbocycles. The number of rotatable bonds is 3. The van der Waals surface area contributed by atoms with Crippen LogP contribution in [-0.2, 0) is 19.4 Å². The molecule has 110 valence electrons. The average molecular weight is 297 g/mol. The maximum atomic E-state index is 11.9. The van der Waals surface area contributed by atoms with E-state index in [1.165, 1.54) is 13.4 Å². The second-order valence-electron chi connectivity index (χ2n) is 4.97. The zero-order chi connectivity index (χ0) is 14.8. The van der Waals surface area contributed by atoms with Crippen molar-refractivity contribution in [3.05, 3.63) is 24.3 Å². The molecule has 1 aliphatic heterocycles. The minimum atomic E-state index is -3.33. The number of para-hydroxylation sites is 1. The van der Waals surface area contributed by atoms with E-state index in [4.69, 9.17) is 4.74 Å². The molecule has 1 heterocycles. The predicted molar refractivity (Wildman–Crippen MR) is 76.6 cm³/mol. The number of benzene rings is 1. The van der Waals surface area contributed by atoms with E-state index in [2.05, 4.69) is 0 Å². The smallest absolute Gasteiger partial charge is 0.328 e. The van der Waals surface area contributed by atoms with Crippen LogP contribution in [0.2, 0.25) is 0 Å². The van der Waals surface area contributed by atoms with Gasteiger partial charge in [-0.25, -0.2) is 13.2 Å². The summed E-state index contributed by atoms with van der Waals surface area (Å²) in [6, 6.07) is 6.39. The minimum absolute atomic E-state index is 0.260. The fourth-order valence-corrected chi connectivity index (χ4v) is 3.50. The Morgan fingerprint density at radius 3 is 2.65 bits per heavy atom. The van der Waals surface area contributed by atoms with E-state index in [1.807, 2.05) is 4.90 Å². The number of hydrogen-bond donors (Lipinski definition) is 0. The Kier molecular flexibility index (Phi) is 4.32. The number of ether oxygens (including phenoxy) is 1. The number of nitrogens with zero attached hydrogens (tertiary/aromatic N) is 1. The van der Waals surface area contributed by atoms with Crippen molar-refractivity contribution < 1.29 is 17.9 Å². The van der Waals surface area contributed by atoms with Gasteiger partial charge in [-0.1, -0.05) is 12.1 Å². The van der Waals surface area contributed by atoms with Gasteiger partial charge >= 0.3 is 5.97 Å². The number of esters is 1. The Labute approximate surface area is 119 Å². The molecule has 1 aromatic rings. The number of carbonyl (C=O) groups is 1. The fraction of sp³-hybridized carbons (Fsp3) is 0.500. The highest BCUT2D eigenvalue weighted by atomic mass is 32.2. The normalized spacial score (nSPS) is 19.7. The van der Waals surface area contributed by atoms with Gasteiger partial charge in [-0.2, -0.15) is 0 Å². The largest absolute Gasteiger partial charge is 0.467 e. The summed E-state index contributed by atoms with van der Waals surface area (Å²) in [5.41, 5.74) is 0.588. The van der Waals surface area contributed by atoms with E-state index >= 15 is 0 Å². The van der Waals surface area contributed by atoms with Crippen LogP contribution in [0.5, 0.6) is 0 Å². The highest BCUT2D eigenvalue weighted by Gasteiger charge is 2.32. The number of anilines is 1. The Morgan fingerprint density at radius 1 is 1.30 bits per heavy atom. The van der Waals surface area contributed by atoms with Crippen LogP contribution in [0.4, 0.5) is 5.69 Å². The lowest BCUT2D eigenvalue weighted by molar-refractivity contribution is -0.142. The number of sulfone groups is 1. The Hall–Kier alpha value is -1.56. The third-order valence-electron chi connectivity index (χ3n) is 3.55. The van der Waals surface area contributed by atoms with Gasteiger partial charge < -0.3 is 9.64 Å². The number of hydrogen-bond acceptors (Lipinski definition) is 5. The van der Waals surface area contributed by atoms with Crippen LogP contribution in [0.25, 0.3) is 0 Å². The van der Waals surface area contributed by atoms with Crippen LogP contribution in [0.3, 0.4) is 0 Å². The van der Waals surface area contributed by atoms with Gasteiger partial charge in [-0.15, -0.1) is 0 Å². The highest BCUT2D eigenvalue weighted by Crippen LogP contribution is 2.31. The van der Waals surface area contributed by atoms with Crippen molar-refractivity contribution in [2.45, 2.75) is 30.2 Å². The Bertz CT molecular complexity index is 597. The van der Waals surface area contributed by atoms with Crippen molar-refractivity contribution >= 4 is 21.5 Å². The highest BCUT2D eigenvalue weighted by molar-refractivity contribution is 7.90. The van der Waals surface area contributed by atoms with Crippen molar-refractivity contribution in [1.29, 1.82) is 0 Å². The molecule has 0 aromatic heterocycles. The average Bonchev–Trinajstić information content (AvgIpc) is 2.45. The van der Waals surface area contributed by atoms with Gasteiger partial charge in [0.25, 0.3) is 0 Å². The standard InChI is InChI=1S/C14H19NO4S/c1-19-14(16)12-8-5-6-10-15(12)11-7-3-4-9-13(11)20(2,17)18/h3-4,7,9,12H,5-6,8,10H2,1-2H3. The first kappa shape index (κ1) is 14.8. The molecule has 0 aliphatic carbocycles. The lowest BCUT2D eigenvalue weighted by Gasteiger charge is -2.36. The molecule has 1 aromatic carbocycles. The summed E-state index contributed by atoms with van der Waals surface area (Å²) >= 11 is 0. The first-order chi connectivity index (χ1) is 9.45. The number of carbonyl (C=O) groups excluding carboxylic acids is 1. The summed E-state index contributed by atoms with van der Waals surface area (Å²) in [6.07, 6.45) is 3.75. The predicted octanol–water partition coefficient (Wildman–Crippen LogP) is 1.62. The summed E-state index contributed by atoms with van der Waals surface area (Å²) in [4.78, 5) is 14.0. The van der Waals surface area contributed by atoms with E-state index in [-0.39, 0.29) is 10.9 Å². The molecule has 1 fully saturated rings. The fourth-order valence-electron chi connectivity index (χ4n) is 2.61. The van der Waals surface area contributed by atoms with E-state index in [1.54, 1.807) is 24.3 Å². The quantitative estimate of drug-likeness (QED) is 0.793. The third kappa shape index (κ3) is 2.95. The zero-order valence-electron chi connectivity index (χ0n) is 11.7. The van der Waals surface area contributed by atoms with Gasteiger partial charge in [0.05, 0.1) is 17.7 Å². The zero-order valence-corrected chi connectivity index (χ0v) is 12.5. The molecule has 0 amide bonds. The molecular weight excluding hydrogens is 278 g/mol.